The molecule has 372 valence electrons. The molecule has 0 aromatic heterocycles. The van der Waals surface area contributed by atoms with Crippen molar-refractivity contribution < 1.29 is 89.4 Å². The minimum atomic E-state index is -1.96. The molecule has 0 radical (unpaired) electrons. The average Bonchev–Trinajstić information content (AvgIpc) is 3.27. The van der Waals surface area contributed by atoms with Crippen LogP contribution in [0.1, 0.15) is 142 Å². The second-order valence-corrected chi connectivity index (χ2v) is 17.6. The van der Waals surface area contributed by atoms with Gasteiger partial charge in [0.15, 0.2) is 18.9 Å². The summed E-state index contributed by atoms with van der Waals surface area (Å²) in [6.07, 6.45) is -4.36. The van der Waals surface area contributed by atoms with Crippen molar-refractivity contribution in [3.05, 3.63) is 0 Å². The Morgan fingerprint density at radius 3 is 1.35 bits per heavy atom. The third-order valence-corrected chi connectivity index (χ3v) is 12.4. The van der Waals surface area contributed by atoms with E-state index in [9.17, 15) is 61.0 Å². The largest absolute Gasteiger partial charge is 0.394 e. The first kappa shape index (κ1) is 56.1. The van der Waals surface area contributed by atoms with Crippen LogP contribution in [0.5, 0.6) is 0 Å². The number of aliphatic hydroxyl groups is 11. The van der Waals surface area contributed by atoms with E-state index in [4.69, 9.17) is 28.4 Å². The number of nitrogens with one attached hydrogen (secondary N) is 1. The molecule has 63 heavy (non-hydrogen) atoms. The van der Waals surface area contributed by atoms with Crippen molar-refractivity contribution in [2.45, 2.75) is 247 Å². The van der Waals surface area contributed by atoms with Gasteiger partial charge in [0.2, 0.25) is 5.91 Å². The molecular weight excluding hydrogens is 830 g/mol. The van der Waals surface area contributed by atoms with Crippen LogP contribution in [0.4, 0.5) is 0 Å². The van der Waals surface area contributed by atoms with Crippen LogP contribution in [-0.2, 0) is 33.2 Å². The van der Waals surface area contributed by atoms with E-state index in [1.54, 1.807) is 0 Å². The molecular formula is C44H83NO18. The number of carbonyl (C=O) groups excluding carboxylic acids is 1. The molecule has 17 unspecified atom stereocenters. The van der Waals surface area contributed by atoms with Gasteiger partial charge in [-0.15, -0.1) is 0 Å². The lowest BCUT2D eigenvalue weighted by Crippen LogP contribution is -2.66. The van der Waals surface area contributed by atoms with Crippen LogP contribution >= 0.6 is 0 Å². The van der Waals surface area contributed by atoms with Crippen molar-refractivity contribution in [2.24, 2.45) is 0 Å². The van der Waals surface area contributed by atoms with E-state index in [0.717, 1.165) is 25.7 Å². The maximum absolute atomic E-state index is 12.6. The quantitative estimate of drug-likeness (QED) is 0.0400. The summed E-state index contributed by atoms with van der Waals surface area (Å²) in [5, 5.41) is 119. The van der Waals surface area contributed by atoms with Gasteiger partial charge in [0, 0.05) is 6.42 Å². The van der Waals surface area contributed by atoms with Gasteiger partial charge in [0.1, 0.15) is 73.2 Å². The molecule has 0 aliphatic carbocycles. The Bertz CT molecular complexity index is 1190. The highest BCUT2D eigenvalue weighted by Gasteiger charge is 2.53. The zero-order chi connectivity index (χ0) is 46.3. The van der Waals surface area contributed by atoms with E-state index < -0.39 is 124 Å². The first-order valence-corrected chi connectivity index (χ1v) is 23.8. The SMILES string of the molecule is CCCCCCCCCCCCCCCCCCCC(O)C(COC1OC(CO)C(OC2OC(CO)C(OC3OC(CO)C(O)C(O)C3O)C(O)C2O)C(O)C1O)NC(=O)CCC. The van der Waals surface area contributed by atoms with Gasteiger partial charge in [-0.05, 0) is 12.8 Å². The van der Waals surface area contributed by atoms with Gasteiger partial charge >= 0.3 is 0 Å². The third-order valence-electron chi connectivity index (χ3n) is 12.4. The first-order chi connectivity index (χ1) is 30.3. The molecule has 0 aromatic carbocycles. The van der Waals surface area contributed by atoms with Crippen LogP contribution in [-0.4, -0.2) is 193 Å². The number of aliphatic hydroxyl groups excluding tert-OH is 11. The molecule has 0 spiro atoms. The topological polar surface area (TPSA) is 307 Å². The molecule has 3 heterocycles. The molecule has 3 saturated heterocycles. The molecule has 0 bridgehead atoms. The lowest BCUT2D eigenvalue weighted by Gasteiger charge is -2.48. The van der Waals surface area contributed by atoms with E-state index in [1.165, 1.54) is 83.5 Å². The van der Waals surface area contributed by atoms with Gasteiger partial charge in [-0.1, -0.05) is 123 Å². The lowest BCUT2D eigenvalue weighted by molar-refractivity contribution is -0.379. The van der Waals surface area contributed by atoms with Gasteiger partial charge in [-0.25, -0.2) is 0 Å². The second kappa shape index (κ2) is 31.0. The maximum Gasteiger partial charge on any atom is 0.220 e. The summed E-state index contributed by atoms with van der Waals surface area (Å²) in [5.41, 5.74) is 0. The smallest absolute Gasteiger partial charge is 0.220 e. The monoisotopic (exact) mass is 914 g/mol. The summed E-state index contributed by atoms with van der Waals surface area (Å²) in [4.78, 5) is 12.6. The molecule has 3 aliphatic rings. The first-order valence-electron chi connectivity index (χ1n) is 23.8. The van der Waals surface area contributed by atoms with Gasteiger partial charge in [0.05, 0.1) is 38.6 Å². The van der Waals surface area contributed by atoms with Crippen molar-refractivity contribution in [2.75, 3.05) is 26.4 Å². The minimum Gasteiger partial charge on any atom is -0.394 e. The lowest BCUT2D eigenvalue weighted by atomic mass is 9.96. The fraction of sp³-hybridized carbons (Fsp3) is 0.977. The van der Waals surface area contributed by atoms with Crippen LogP contribution in [0, 0.1) is 0 Å². The van der Waals surface area contributed by atoms with Crippen LogP contribution < -0.4 is 5.32 Å². The number of ether oxygens (including phenoxy) is 6. The normalized spacial score (nSPS) is 34.8. The zero-order valence-electron chi connectivity index (χ0n) is 37.6. The minimum absolute atomic E-state index is 0.219. The van der Waals surface area contributed by atoms with Crippen molar-refractivity contribution in [1.82, 2.24) is 5.32 Å². The Morgan fingerprint density at radius 1 is 0.508 bits per heavy atom. The van der Waals surface area contributed by atoms with Gasteiger partial charge in [-0.3, -0.25) is 4.79 Å². The number of amides is 1. The van der Waals surface area contributed by atoms with Crippen LogP contribution in [0.25, 0.3) is 0 Å². The molecule has 3 aliphatic heterocycles. The summed E-state index contributed by atoms with van der Waals surface area (Å²) < 4.78 is 33.8. The zero-order valence-corrected chi connectivity index (χ0v) is 37.6. The maximum atomic E-state index is 12.6. The van der Waals surface area contributed by atoms with Gasteiger partial charge in [-0.2, -0.15) is 0 Å². The summed E-state index contributed by atoms with van der Waals surface area (Å²) in [6, 6.07) is -0.875. The molecule has 0 aromatic rings. The van der Waals surface area contributed by atoms with Gasteiger partial charge in [0.25, 0.3) is 0 Å². The van der Waals surface area contributed by atoms with E-state index in [-0.39, 0.29) is 18.9 Å². The van der Waals surface area contributed by atoms with Crippen LogP contribution in [0.15, 0.2) is 0 Å². The van der Waals surface area contributed by atoms with Crippen LogP contribution in [0.2, 0.25) is 0 Å². The van der Waals surface area contributed by atoms with Crippen molar-refractivity contribution >= 4 is 5.91 Å². The summed E-state index contributed by atoms with van der Waals surface area (Å²) in [5.74, 6) is -0.297. The number of hydrogen-bond donors (Lipinski definition) is 12. The van der Waals surface area contributed by atoms with Crippen molar-refractivity contribution in [1.29, 1.82) is 0 Å². The number of rotatable bonds is 32. The Labute approximate surface area is 373 Å². The van der Waals surface area contributed by atoms with E-state index in [2.05, 4.69) is 12.2 Å². The van der Waals surface area contributed by atoms with Crippen LogP contribution in [0.3, 0.4) is 0 Å². The molecule has 3 fully saturated rings. The predicted molar refractivity (Wildman–Crippen MR) is 227 cm³/mol. The molecule has 17 atom stereocenters. The Kier molecular flexibility index (Phi) is 27.6. The number of unbranched alkanes of at least 4 members (excludes halogenated alkanes) is 16. The molecule has 19 heteroatoms. The third kappa shape index (κ3) is 18.1. The molecule has 12 N–H and O–H groups in total. The average molecular weight is 914 g/mol. The molecule has 3 rings (SSSR count). The Morgan fingerprint density at radius 2 is 0.905 bits per heavy atom. The standard InChI is InChI=1S/C44H83NO18/c1-3-5-6-7-8-9-10-11-12-13-14-15-16-17-18-19-20-22-28(49)27(45-32(50)21-4-2)26-58-42-38(56)35(53)40(30(24-47)60-42)63-44-39(57)36(54)41(31(25-48)61-44)62-43-37(55)34(52)33(51)29(23-46)59-43/h27-31,33-44,46-49,51-57H,3-26H2,1-2H3,(H,45,50). The number of carbonyl (C=O) groups is 1. The fourth-order valence-corrected chi connectivity index (χ4v) is 8.41. The second-order valence-electron chi connectivity index (χ2n) is 17.6. The van der Waals surface area contributed by atoms with Crippen molar-refractivity contribution in [3.8, 4) is 0 Å². The summed E-state index contributed by atoms with van der Waals surface area (Å²) in [6.45, 7) is 1.39. The Balaban J connectivity index is 1.45. The number of hydrogen-bond acceptors (Lipinski definition) is 18. The fourth-order valence-electron chi connectivity index (χ4n) is 8.41. The van der Waals surface area contributed by atoms with Gasteiger partial charge < -0.3 is 89.9 Å². The molecule has 1 amide bonds. The summed E-state index contributed by atoms with van der Waals surface area (Å²) in [7, 11) is 0. The van der Waals surface area contributed by atoms with E-state index in [0.29, 0.717) is 12.8 Å². The van der Waals surface area contributed by atoms with E-state index >= 15 is 0 Å². The van der Waals surface area contributed by atoms with Crippen molar-refractivity contribution in [3.63, 3.8) is 0 Å². The predicted octanol–water partition coefficient (Wildman–Crippen LogP) is 0.139. The van der Waals surface area contributed by atoms with E-state index in [1.807, 2.05) is 6.92 Å². The highest BCUT2D eigenvalue weighted by atomic mass is 16.8. The molecule has 19 nitrogen and oxygen atoms in total. The highest BCUT2D eigenvalue weighted by molar-refractivity contribution is 5.76. The Hall–Kier alpha value is -1.21. The molecule has 0 saturated carbocycles. The summed E-state index contributed by atoms with van der Waals surface area (Å²) >= 11 is 0. The highest BCUT2D eigenvalue weighted by Crippen LogP contribution is 2.33.